The quantitative estimate of drug-likeness (QED) is 0.741. The van der Waals surface area contributed by atoms with Crippen molar-refractivity contribution in [2.45, 2.75) is 19.9 Å². The molecule has 0 heterocycles. The highest BCUT2D eigenvalue weighted by Crippen LogP contribution is 2.22. The van der Waals surface area contributed by atoms with Crippen LogP contribution in [0.3, 0.4) is 0 Å². The van der Waals surface area contributed by atoms with Crippen molar-refractivity contribution in [2.75, 3.05) is 5.32 Å². The van der Waals surface area contributed by atoms with Crippen LogP contribution in [0.25, 0.3) is 0 Å². The molecule has 1 aromatic carbocycles. The molecule has 0 aliphatic heterocycles. The molecule has 1 aromatic rings. The first-order valence-corrected chi connectivity index (χ1v) is 5.42. The smallest absolute Gasteiger partial charge is 0.337 e. The highest BCUT2D eigenvalue weighted by molar-refractivity contribution is 5.95. The zero-order valence-electron chi connectivity index (χ0n) is 10.1. The number of anilines is 1. The average Bonchev–Trinajstić information content (AvgIpc) is 2.25. The highest BCUT2D eigenvalue weighted by Gasteiger charge is 2.23. The van der Waals surface area contributed by atoms with E-state index in [9.17, 15) is 14.0 Å². The van der Waals surface area contributed by atoms with Crippen LogP contribution >= 0.6 is 0 Å². The number of benzene rings is 1. The van der Waals surface area contributed by atoms with E-state index in [1.54, 1.807) is 13.8 Å². The van der Waals surface area contributed by atoms with Gasteiger partial charge in [0.1, 0.15) is 11.9 Å². The number of hydrogen-bond acceptors (Lipinski definition) is 3. The number of carbonyl (C=O) groups excluding carboxylic acids is 1. The number of carboxylic acid groups (broad SMARTS) is 1. The van der Waals surface area contributed by atoms with Crippen LogP contribution in [0, 0.1) is 11.7 Å². The minimum absolute atomic E-state index is 0.191. The summed E-state index contributed by atoms with van der Waals surface area (Å²) in [4.78, 5) is 22.2. The Labute approximate surface area is 104 Å². The minimum Gasteiger partial charge on any atom is -0.478 e. The van der Waals surface area contributed by atoms with Gasteiger partial charge in [0.2, 0.25) is 5.91 Å². The number of primary amides is 1. The molecule has 1 unspecified atom stereocenters. The van der Waals surface area contributed by atoms with Gasteiger partial charge in [0.05, 0.1) is 11.3 Å². The monoisotopic (exact) mass is 254 g/mol. The van der Waals surface area contributed by atoms with Crippen LogP contribution in [-0.2, 0) is 4.79 Å². The number of nitrogens with one attached hydrogen (secondary N) is 1. The molecule has 1 amide bonds. The van der Waals surface area contributed by atoms with Crippen LogP contribution < -0.4 is 11.1 Å². The van der Waals surface area contributed by atoms with Crippen molar-refractivity contribution in [2.24, 2.45) is 11.7 Å². The van der Waals surface area contributed by atoms with Crippen molar-refractivity contribution in [1.29, 1.82) is 0 Å². The van der Waals surface area contributed by atoms with Crippen LogP contribution in [0.15, 0.2) is 18.2 Å². The average molecular weight is 254 g/mol. The van der Waals surface area contributed by atoms with E-state index in [1.165, 1.54) is 12.1 Å². The first-order valence-electron chi connectivity index (χ1n) is 5.42. The molecule has 5 nitrogen and oxygen atoms in total. The molecule has 0 aliphatic rings. The maximum absolute atomic E-state index is 13.6. The van der Waals surface area contributed by atoms with Gasteiger partial charge < -0.3 is 16.2 Å². The van der Waals surface area contributed by atoms with Gasteiger partial charge in [-0.15, -0.1) is 0 Å². The van der Waals surface area contributed by atoms with Gasteiger partial charge in [-0.1, -0.05) is 19.9 Å². The molecule has 0 saturated carbocycles. The van der Waals surface area contributed by atoms with Gasteiger partial charge in [0, 0.05) is 0 Å². The van der Waals surface area contributed by atoms with Crippen LogP contribution in [0.2, 0.25) is 0 Å². The van der Waals surface area contributed by atoms with E-state index in [-0.39, 0.29) is 17.2 Å². The second-order valence-corrected chi connectivity index (χ2v) is 4.24. The lowest BCUT2D eigenvalue weighted by Crippen LogP contribution is -2.40. The topological polar surface area (TPSA) is 92.4 Å². The van der Waals surface area contributed by atoms with Gasteiger partial charge in [-0.05, 0) is 18.1 Å². The summed E-state index contributed by atoms with van der Waals surface area (Å²) in [5.41, 5.74) is 4.74. The van der Waals surface area contributed by atoms with E-state index in [0.29, 0.717) is 0 Å². The molecule has 6 heteroatoms. The summed E-state index contributed by atoms with van der Waals surface area (Å²) in [6.07, 6.45) is 0. The fourth-order valence-electron chi connectivity index (χ4n) is 1.57. The third-order valence-electron chi connectivity index (χ3n) is 2.52. The van der Waals surface area contributed by atoms with Gasteiger partial charge in [0.15, 0.2) is 0 Å². The Hall–Kier alpha value is -2.11. The Morgan fingerprint density at radius 3 is 2.44 bits per heavy atom. The third-order valence-corrected chi connectivity index (χ3v) is 2.52. The molecular formula is C12H15FN2O3. The molecule has 0 fully saturated rings. The number of hydrogen-bond donors (Lipinski definition) is 3. The molecule has 0 radical (unpaired) electrons. The standard InChI is InChI=1S/C12H15FN2O3/c1-6(2)9(11(14)16)15-10-7(12(17)18)4-3-5-8(10)13/h3-6,9,15H,1-2H3,(H2,14,16)(H,17,18). The molecule has 0 aromatic heterocycles. The predicted octanol–water partition coefficient (Wildman–Crippen LogP) is 1.45. The van der Waals surface area contributed by atoms with Crippen LogP contribution in [0.5, 0.6) is 0 Å². The summed E-state index contributed by atoms with van der Waals surface area (Å²) in [5.74, 6) is -2.86. The summed E-state index contributed by atoms with van der Waals surface area (Å²) in [5, 5.41) is 11.5. The molecule has 4 N–H and O–H groups in total. The van der Waals surface area contributed by atoms with Crippen LogP contribution in [0.1, 0.15) is 24.2 Å². The number of para-hydroxylation sites is 1. The van der Waals surface area contributed by atoms with E-state index >= 15 is 0 Å². The van der Waals surface area contributed by atoms with Gasteiger partial charge in [-0.25, -0.2) is 9.18 Å². The van der Waals surface area contributed by atoms with Crippen molar-refractivity contribution >= 4 is 17.6 Å². The molecule has 1 rings (SSSR count). The number of rotatable bonds is 5. The maximum Gasteiger partial charge on any atom is 0.337 e. The van der Waals surface area contributed by atoms with Gasteiger partial charge in [0.25, 0.3) is 0 Å². The first-order chi connectivity index (χ1) is 8.34. The van der Waals surface area contributed by atoms with Crippen molar-refractivity contribution in [3.8, 4) is 0 Å². The largest absolute Gasteiger partial charge is 0.478 e. The lowest BCUT2D eigenvalue weighted by atomic mass is 10.0. The fourth-order valence-corrected chi connectivity index (χ4v) is 1.57. The normalized spacial score (nSPS) is 12.2. The molecular weight excluding hydrogens is 239 g/mol. The fraction of sp³-hybridized carbons (Fsp3) is 0.333. The Morgan fingerprint density at radius 2 is 2.00 bits per heavy atom. The van der Waals surface area contributed by atoms with Crippen molar-refractivity contribution < 1.29 is 19.1 Å². The van der Waals surface area contributed by atoms with Gasteiger partial charge in [-0.3, -0.25) is 4.79 Å². The molecule has 0 aliphatic carbocycles. The lowest BCUT2D eigenvalue weighted by Gasteiger charge is -2.21. The zero-order valence-corrected chi connectivity index (χ0v) is 10.1. The molecule has 0 saturated heterocycles. The van der Waals surface area contributed by atoms with Crippen molar-refractivity contribution in [1.82, 2.24) is 0 Å². The zero-order chi connectivity index (χ0) is 13.9. The second-order valence-electron chi connectivity index (χ2n) is 4.24. The summed E-state index contributed by atoms with van der Waals surface area (Å²) >= 11 is 0. The second kappa shape index (κ2) is 5.48. The third kappa shape index (κ3) is 2.97. The number of amides is 1. The number of carboxylic acids is 1. The van der Waals surface area contributed by atoms with E-state index in [1.807, 2.05) is 0 Å². The molecule has 18 heavy (non-hydrogen) atoms. The van der Waals surface area contributed by atoms with Crippen LogP contribution in [-0.4, -0.2) is 23.0 Å². The van der Waals surface area contributed by atoms with Gasteiger partial charge in [-0.2, -0.15) is 0 Å². The van der Waals surface area contributed by atoms with E-state index in [2.05, 4.69) is 5.32 Å². The maximum atomic E-state index is 13.6. The molecule has 0 spiro atoms. The molecule has 0 bridgehead atoms. The Balaban J connectivity index is 3.16. The minimum atomic E-state index is -1.27. The van der Waals surface area contributed by atoms with E-state index in [4.69, 9.17) is 10.8 Å². The Kier molecular flexibility index (Phi) is 4.25. The van der Waals surface area contributed by atoms with Crippen molar-refractivity contribution in [3.05, 3.63) is 29.6 Å². The molecule has 1 atom stereocenters. The Bertz CT molecular complexity index is 474. The van der Waals surface area contributed by atoms with Crippen molar-refractivity contribution in [3.63, 3.8) is 0 Å². The SMILES string of the molecule is CC(C)C(Nc1c(F)cccc1C(=O)O)C(N)=O. The van der Waals surface area contributed by atoms with Crippen LogP contribution in [0.4, 0.5) is 10.1 Å². The Morgan fingerprint density at radius 1 is 1.39 bits per heavy atom. The summed E-state index contributed by atoms with van der Waals surface area (Å²) in [6, 6.07) is 2.83. The van der Waals surface area contributed by atoms with E-state index < -0.39 is 23.7 Å². The number of aromatic carboxylic acids is 1. The summed E-state index contributed by atoms with van der Waals surface area (Å²) in [7, 11) is 0. The predicted molar refractivity (Wildman–Crippen MR) is 64.8 cm³/mol. The van der Waals surface area contributed by atoms with Gasteiger partial charge >= 0.3 is 5.97 Å². The number of carbonyl (C=O) groups is 2. The number of halogens is 1. The molecule has 98 valence electrons. The summed E-state index contributed by atoms with van der Waals surface area (Å²) in [6.45, 7) is 3.45. The summed E-state index contributed by atoms with van der Waals surface area (Å²) < 4.78 is 13.6. The van der Waals surface area contributed by atoms with E-state index in [0.717, 1.165) is 6.07 Å². The lowest BCUT2D eigenvalue weighted by molar-refractivity contribution is -0.119. The highest BCUT2D eigenvalue weighted by atomic mass is 19.1. The first kappa shape index (κ1) is 14.0. The number of nitrogens with two attached hydrogens (primary N) is 1.